The fraction of sp³-hybridized carbons (Fsp3) is 0. The van der Waals surface area contributed by atoms with E-state index in [1.165, 1.54) is 0 Å². The zero-order chi connectivity index (χ0) is 11.0. The van der Waals surface area contributed by atoms with Crippen molar-refractivity contribution >= 4 is 5.65 Å². The van der Waals surface area contributed by atoms with E-state index < -0.39 is 0 Å². The summed E-state index contributed by atoms with van der Waals surface area (Å²) in [6.45, 7) is 0. The van der Waals surface area contributed by atoms with Crippen LogP contribution in [0.1, 0.15) is 0 Å². The first-order chi connectivity index (χ1) is 7.86. The Bertz CT molecular complexity index is 645. The number of hydrogen-bond acceptors (Lipinski definition) is 3. The first-order valence-electron chi connectivity index (χ1n) is 4.93. The summed E-state index contributed by atoms with van der Waals surface area (Å²) in [5, 5.41) is 9.76. The molecule has 0 fully saturated rings. The Kier molecular flexibility index (Phi) is 1.86. The molecule has 4 nitrogen and oxygen atoms in total. The molecule has 0 amide bonds. The molecule has 0 aromatic carbocycles. The maximum Gasteiger partial charge on any atom is 0.143 e. The Balaban J connectivity index is 2.34. The number of aromatic hydroxyl groups is 1. The van der Waals surface area contributed by atoms with Crippen LogP contribution in [-0.4, -0.2) is 19.5 Å². The number of imidazole rings is 1. The zero-order valence-corrected chi connectivity index (χ0v) is 8.41. The van der Waals surface area contributed by atoms with Crippen LogP contribution in [-0.2, 0) is 0 Å². The number of hydrogen-bond donors (Lipinski definition) is 1. The van der Waals surface area contributed by atoms with E-state index in [0.29, 0.717) is 5.69 Å². The molecule has 0 bridgehead atoms. The van der Waals surface area contributed by atoms with Crippen molar-refractivity contribution in [1.29, 1.82) is 0 Å². The van der Waals surface area contributed by atoms with Crippen molar-refractivity contribution in [2.24, 2.45) is 0 Å². The lowest BCUT2D eigenvalue weighted by Crippen LogP contribution is -1.92. The molecule has 3 aromatic heterocycles. The highest BCUT2D eigenvalue weighted by Gasteiger charge is 2.08. The Morgan fingerprint density at radius 3 is 2.81 bits per heavy atom. The number of nitrogens with zero attached hydrogens (tertiary/aromatic N) is 3. The number of aromatic nitrogens is 3. The molecular formula is C12H9N3O. The van der Waals surface area contributed by atoms with Crippen LogP contribution in [0.5, 0.6) is 5.75 Å². The van der Waals surface area contributed by atoms with E-state index in [9.17, 15) is 5.11 Å². The highest BCUT2D eigenvalue weighted by Crippen LogP contribution is 2.26. The second-order valence-electron chi connectivity index (χ2n) is 3.44. The summed E-state index contributed by atoms with van der Waals surface area (Å²) in [7, 11) is 0. The molecule has 16 heavy (non-hydrogen) atoms. The SMILES string of the molecule is Oc1cccnc1-c1cccc2nccn12. The van der Waals surface area contributed by atoms with E-state index in [-0.39, 0.29) is 5.75 Å². The van der Waals surface area contributed by atoms with Crippen LogP contribution in [0.25, 0.3) is 17.0 Å². The lowest BCUT2D eigenvalue weighted by Gasteiger charge is -2.05. The molecule has 3 rings (SSSR count). The Morgan fingerprint density at radius 2 is 1.94 bits per heavy atom. The third-order valence-corrected chi connectivity index (χ3v) is 2.46. The van der Waals surface area contributed by atoms with Gasteiger partial charge in [0.05, 0.1) is 5.69 Å². The molecule has 3 aromatic rings. The van der Waals surface area contributed by atoms with Gasteiger partial charge in [-0.05, 0) is 24.3 Å². The van der Waals surface area contributed by atoms with Crippen LogP contribution in [0.4, 0.5) is 0 Å². The molecule has 0 aliphatic rings. The second-order valence-corrected chi connectivity index (χ2v) is 3.44. The summed E-state index contributed by atoms with van der Waals surface area (Å²) in [6.07, 6.45) is 5.22. The topological polar surface area (TPSA) is 50.4 Å². The molecule has 0 radical (unpaired) electrons. The first kappa shape index (κ1) is 8.91. The molecule has 0 saturated heterocycles. The van der Waals surface area contributed by atoms with Crippen molar-refractivity contribution in [3.8, 4) is 17.1 Å². The van der Waals surface area contributed by atoms with Gasteiger partial charge < -0.3 is 5.11 Å². The van der Waals surface area contributed by atoms with E-state index in [2.05, 4.69) is 9.97 Å². The van der Waals surface area contributed by atoms with Crippen LogP contribution in [0.15, 0.2) is 48.9 Å². The van der Waals surface area contributed by atoms with E-state index >= 15 is 0 Å². The van der Waals surface area contributed by atoms with Gasteiger partial charge in [0.2, 0.25) is 0 Å². The molecule has 0 aliphatic heterocycles. The minimum absolute atomic E-state index is 0.170. The molecule has 1 N–H and O–H groups in total. The third kappa shape index (κ3) is 1.24. The molecule has 0 atom stereocenters. The molecule has 0 spiro atoms. The van der Waals surface area contributed by atoms with Crippen LogP contribution < -0.4 is 0 Å². The maximum absolute atomic E-state index is 9.76. The summed E-state index contributed by atoms with van der Waals surface area (Å²) < 4.78 is 1.89. The van der Waals surface area contributed by atoms with E-state index in [4.69, 9.17) is 0 Å². The fourth-order valence-corrected chi connectivity index (χ4v) is 1.73. The van der Waals surface area contributed by atoms with Crippen LogP contribution in [0, 0.1) is 0 Å². The fourth-order valence-electron chi connectivity index (χ4n) is 1.73. The van der Waals surface area contributed by atoms with Gasteiger partial charge in [0.1, 0.15) is 17.1 Å². The Labute approximate surface area is 91.8 Å². The second kappa shape index (κ2) is 3.34. The molecule has 0 saturated carbocycles. The molecule has 0 aliphatic carbocycles. The van der Waals surface area contributed by atoms with Crippen molar-refractivity contribution in [3.05, 3.63) is 48.9 Å². The lowest BCUT2D eigenvalue weighted by molar-refractivity contribution is 0.474. The molecule has 4 heteroatoms. The summed E-state index contributed by atoms with van der Waals surface area (Å²) in [5.41, 5.74) is 2.22. The van der Waals surface area contributed by atoms with E-state index in [1.54, 1.807) is 24.5 Å². The average Bonchev–Trinajstić information content (AvgIpc) is 2.77. The summed E-state index contributed by atoms with van der Waals surface area (Å²) in [4.78, 5) is 8.37. The lowest BCUT2D eigenvalue weighted by atomic mass is 10.2. The number of rotatable bonds is 1. The van der Waals surface area contributed by atoms with Crippen LogP contribution >= 0.6 is 0 Å². The van der Waals surface area contributed by atoms with Gasteiger partial charge in [0.25, 0.3) is 0 Å². The minimum Gasteiger partial charge on any atom is -0.506 e. The maximum atomic E-state index is 9.76. The van der Waals surface area contributed by atoms with Crippen molar-refractivity contribution in [2.45, 2.75) is 0 Å². The molecule has 3 heterocycles. The quantitative estimate of drug-likeness (QED) is 0.670. The highest BCUT2D eigenvalue weighted by atomic mass is 16.3. The summed E-state index contributed by atoms with van der Waals surface area (Å²) in [6, 6.07) is 9.02. The van der Waals surface area contributed by atoms with Gasteiger partial charge >= 0.3 is 0 Å². The van der Waals surface area contributed by atoms with Gasteiger partial charge in [-0.2, -0.15) is 0 Å². The van der Waals surface area contributed by atoms with Gasteiger partial charge in [0, 0.05) is 18.6 Å². The Morgan fingerprint density at radius 1 is 1.00 bits per heavy atom. The van der Waals surface area contributed by atoms with Crippen molar-refractivity contribution in [3.63, 3.8) is 0 Å². The van der Waals surface area contributed by atoms with Crippen molar-refractivity contribution in [1.82, 2.24) is 14.4 Å². The largest absolute Gasteiger partial charge is 0.506 e. The van der Waals surface area contributed by atoms with Crippen LogP contribution in [0.2, 0.25) is 0 Å². The predicted molar refractivity (Wildman–Crippen MR) is 60.1 cm³/mol. The zero-order valence-electron chi connectivity index (χ0n) is 8.41. The van der Waals surface area contributed by atoms with Crippen LogP contribution in [0.3, 0.4) is 0 Å². The molecule has 78 valence electrons. The minimum atomic E-state index is 0.170. The van der Waals surface area contributed by atoms with Gasteiger partial charge in [-0.1, -0.05) is 6.07 Å². The van der Waals surface area contributed by atoms with E-state index in [0.717, 1.165) is 11.3 Å². The third-order valence-electron chi connectivity index (χ3n) is 2.46. The number of fused-ring (bicyclic) bond motifs is 1. The van der Waals surface area contributed by atoms with Gasteiger partial charge in [-0.15, -0.1) is 0 Å². The average molecular weight is 211 g/mol. The van der Waals surface area contributed by atoms with Gasteiger partial charge in [-0.3, -0.25) is 9.38 Å². The summed E-state index contributed by atoms with van der Waals surface area (Å²) >= 11 is 0. The Hall–Kier alpha value is -2.36. The van der Waals surface area contributed by atoms with Gasteiger partial charge in [0.15, 0.2) is 0 Å². The van der Waals surface area contributed by atoms with Crippen molar-refractivity contribution < 1.29 is 5.11 Å². The number of pyridine rings is 2. The highest BCUT2D eigenvalue weighted by molar-refractivity contribution is 5.65. The van der Waals surface area contributed by atoms with Gasteiger partial charge in [-0.25, -0.2) is 4.98 Å². The van der Waals surface area contributed by atoms with E-state index in [1.807, 2.05) is 28.8 Å². The monoisotopic (exact) mass is 211 g/mol. The predicted octanol–water partition coefficient (Wildman–Crippen LogP) is 2.10. The summed E-state index contributed by atoms with van der Waals surface area (Å²) in [5.74, 6) is 0.170. The normalized spacial score (nSPS) is 10.8. The standard InChI is InChI=1S/C12H9N3O/c16-10-4-2-6-14-12(10)9-3-1-5-11-13-7-8-15(9)11/h1-8,16H. The molecular weight excluding hydrogens is 202 g/mol. The molecule has 0 unspecified atom stereocenters. The smallest absolute Gasteiger partial charge is 0.143 e. The first-order valence-corrected chi connectivity index (χ1v) is 4.93. The van der Waals surface area contributed by atoms with Crippen molar-refractivity contribution in [2.75, 3.05) is 0 Å².